The van der Waals surface area contributed by atoms with Gasteiger partial charge in [0, 0.05) is 52.2 Å². The van der Waals surface area contributed by atoms with Gasteiger partial charge in [-0.2, -0.15) is 0 Å². The second-order valence-corrected chi connectivity index (χ2v) is 11.8. The van der Waals surface area contributed by atoms with Crippen molar-refractivity contribution in [1.82, 2.24) is 14.7 Å². The van der Waals surface area contributed by atoms with Gasteiger partial charge >= 0.3 is 0 Å². The number of hydrogen-bond donors (Lipinski definition) is 1. The fourth-order valence-corrected chi connectivity index (χ4v) is 6.61. The quantitative estimate of drug-likeness (QED) is 0.381. The molecule has 34 heavy (non-hydrogen) atoms. The Hall–Kier alpha value is -1.70. The molecule has 0 aromatic carbocycles. The highest BCUT2D eigenvalue weighted by molar-refractivity contribution is 7.12. The maximum absolute atomic E-state index is 13.4. The maximum Gasteiger partial charge on any atom is 0.264 e. The number of thiophene rings is 1. The first kappa shape index (κ1) is 25.4. The molecular formula is C27H42N4O2S. The van der Waals surface area contributed by atoms with Crippen LogP contribution in [0.3, 0.4) is 0 Å². The molecule has 1 aromatic heterocycles. The minimum Gasteiger partial charge on any atom is -0.340 e. The number of carbonyl (C=O) groups excluding carboxylic acids is 2. The summed E-state index contributed by atoms with van der Waals surface area (Å²) < 4.78 is 0. The van der Waals surface area contributed by atoms with Crippen molar-refractivity contribution in [2.75, 3.05) is 52.4 Å². The molecule has 1 aromatic rings. The van der Waals surface area contributed by atoms with Crippen LogP contribution < -0.4 is 5.73 Å². The van der Waals surface area contributed by atoms with Crippen LogP contribution in [0.5, 0.6) is 0 Å². The van der Waals surface area contributed by atoms with Gasteiger partial charge in [-0.15, -0.1) is 11.3 Å². The molecular weight excluding hydrogens is 444 g/mol. The molecule has 2 bridgehead atoms. The Morgan fingerprint density at radius 1 is 1.18 bits per heavy atom. The molecule has 6 nitrogen and oxygen atoms in total. The van der Waals surface area contributed by atoms with Crippen LogP contribution in [0.25, 0.3) is 0 Å². The second-order valence-electron chi connectivity index (χ2n) is 10.8. The van der Waals surface area contributed by atoms with Gasteiger partial charge < -0.3 is 15.5 Å². The highest BCUT2D eigenvalue weighted by atomic mass is 32.1. The first-order chi connectivity index (χ1) is 16.4. The lowest BCUT2D eigenvalue weighted by molar-refractivity contribution is -0.133. The molecule has 3 aliphatic carbocycles. The monoisotopic (exact) mass is 486 g/mol. The predicted molar refractivity (Wildman–Crippen MR) is 139 cm³/mol. The van der Waals surface area contributed by atoms with E-state index in [2.05, 4.69) is 29.7 Å². The summed E-state index contributed by atoms with van der Waals surface area (Å²) in [6.45, 7) is 11.2. The Morgan fingerprint density at radius 2 is 1.97 bits per heavy atom. The molecule has 7 heteroatoms. The third-order valence-corrected chi connectivity index (χ3v) is 9.34. The predicted octanol–water partition coefficient (Wildman–Crippen LogP) is 3.85. The molecule has 0 spiro atoms. The number of hydrogen-bond acceptors (Lipinski definition) is 5. The standard InChI is InChI=1S/C27H42N4O2S/c1-27(2)22-10-9-21(23(27)19-22)20-31(26(33)24-7-6-18-34-24)17-14-29-12-15-30(16-13-29)25(32)8-4-3-5-11-28/h6-7,9,18,22-23H,3-5,8,10-17,19-20,28H2,1-2H3. The summed E-state index contributed by atoms with van der Waals surface area (Å²) in [6.07, 6.45) is 8.45. The van der Waals surface area contributed by atoms with Crippen molar-refractivity contribution in [3.8, 4) is 0 Å². The van der Waals surface area contributed by atoms with E-state index in [1.54, 1.807) is 0 Å². The molecule has 2 N–H and O–H groups in total. The SMILES string of the molecule is CC1(C)C2CC=C(CN(CCN3CCN(C(=O)CCCCCN)CC3)C(=O)c3cccs3)C1C2. The largest absolute Gasteiger partial charge is 0.340 e. The van der Waals surface area contributed by atoms with E-state index in [1.165, 1.54) is 23.3 Å². The molecule has 1 aliphatic heterocycles. The highest BCUT2D eigenvalue weighted by Crippen LogP contribution is 2.59. The molecule has 5 rings (SSSR count). The number of nitrogens with two attached hydrogens (primary N) is 1. The lowest BCUT2D eigenvalue weighted by atomic mass is 9.49. The number of carbonyl (C=O) groups is 2. The van der Waals surface area contributed by atoms with Crippen molar-refractivity contribution in [3.63, 3.8) is 0 Å². The van der Waals surface area contributed by atoms with Crippen molar-refractivity contribution >= 4 is 23.2 Å². The van der Waals surface area contributed by atoms with Crippen LogP contribution in [0, 0.1) is 17.3 Å². The van der Waals surface area contributed by atoms with Gasteiger partial charge in [-0.05, 0) is 60.9 Å². The molecule has 2 amide bonds. The number of amides is 2. The van der Waals surface area contributed by atoms with Crippen LogP contribution in [0.2, 0.25) is 0 Å². The summed E-state index contributed by atoms with van der Waals surface area (Å²) >= 11 is 1.53. The third-order valence-electron chi connectivity index (χ3n) is 8.48. The molecule has 1 saturated heterocycles. The van der Waals surface area contributed by atoms with Crippen molar-refractivity contribution in [1.29, 1.82) is 0 Å². The number of piperazine rings is 1. The smallest absolute Gasteiger partial charge is 0.264 e. The number of unbranched alkanes of at least 4 members (excludes halogenated alkanes) is 2. The highest BCUT2D eigenvalue weighted by Gasteiger charge is 2.51. The van der Waals surface area contributed by atoms with E-state index in [-0.39, 0.29) is 11.8 Å². The zero-order chi connectivity index (χ0) is 24.1. The Bertz CT molecular complexity index is 858. The van der Waals surface area contributed by atoms with Gasteiger partial charge in [0.15, 0.2) is 0 Å². The maximum atomic E-state index is 13.4. The van der Waals surface area contributed by atoms with Crippen molar-refractivity contribution in [2.45, 2.75) is 52.4 Å². The van der Waals surface area contributed by atoms with E-state index in [1.807, 2.05) is 22.4 Å². The van der Waals surface area contributed by atoms with Gasteiger partial charge in [0.05, 0.1) is 4.88 Å². The van der Waals surface area contributed by atoms with Gasteiger partial charge in [0.25, 0.3) is 5.91 Å². The van der Waals surface area contributed by atoms with E-state index < -0.39 is 0 Å². The van der Waals surface area contributed by atoms with Crippen LogP contribution in [0.1, 0.15) is 62.0 Å². The molecule has 2 heterocycles. The number of nitrogens with zero attached hydrogens (tertiary/aromatic N) is 3. The van der Waals surface area contributed by atoms with Crippen LogP contribution in [0.4, 0.5) is 0 Å². The summed E-state index contributed by atoms with van der Waals surface area (Å²) in [4.78, 5) is 33.1. The van der Waals surface area contributed by atoms with Gasteiger partial charge in [0.2, 0.25) is 5.91 Å². The molecule has 0 radical (unpaired) electrons. The summed E-state index contributed by atoms with van der Waals surface area (Å²) in [5.74, 6) is 1.85. The fraction of sp³-hybridized carbons (Fsp3) is 0.704. The Morgan fingerprint density at radius 3 is 2.62 bits per heavy atom. The van der Waals surface area contributed by atoms with Crippen LogP contribution in [-0.4, -0.2) is 78.9 Å². The molecule has 1 saturated carbocycles. The second kappa shape index (κ2) is 11.4. The topological polar surface area (TPSA) is 69.9 Å². The van der Waals surface area contributed by atoms with Crippen molar-refractivity contribution in [3.05, 3.63) is 34.0 Å². The number of rotatable bonds is 11. The average Bonchev–Trinajstić information content (AvgIpc) is 3.39. The van der Waals surface area contributed by atoms with Crippen molar-refractivity contribution < 1.29 is 9.59 Å². The van der Waals surface area contributed by atoms with Gasteiger partial charge in [0.1, 0.15) is 0 Å². The summed E-state index contributed by atoms with van der Waals surface area (Å²) in [7, 11) is 0. The van der Waals surface area contributed by atoms with E-state index in [0.29, 0.717) is 24.3 Å². The van der Waals surface area contributed by atoms with Gasteiger partial charge in [-0.1, -0.05) is 38.0 Å². The third kappa shape index (κ3) is 5.74. The first-order valence-corrected chi connectivity index (χ1v) is 14.0. The molecule has 2 fully saturated rings. The van der Waals surface area contributed by atoms with Gasteiger partial charge in [-0.3, -0.25) is 14.5 Å². The number of fused-ring (bicyclic) bond motifs is 1. The summed E-state index contributed by atoms with van der Waals surface area (Å²) in [6, 6.07) is 3.90. The molecule has 2 atom stereocenters. The summed E-state index contributed by atoms with van der Waals surface area (Å²) in [5.41, 5.74) is 7.37. The molecule has 188 valence electrons. The lowest BCUT2D eigenvalue weighted by Crippen LogP contribution is -2.52. The minimum absolute atomic E-state index is 0.154. The zero-order valence-electron chi connectivity index (χ0n) is 21.0. The molecule has 2 unspecified atom stereocenters. The fourth-order valence-electron chi connectivity index (χ4n) is 5.92. The van der Waals surface area contributed by atoms with E-state index >= 15 is 0 Å². The van der Waals surface area contributed by atoms with Crippen LogP contribution in [0.15, 0.2) is 29.2 Å². The van der Waals surface area contributed by atoms with Crippen LogP contribution in [-0.2, 0) is 4.79 Å². The van der Waals surface area contributed by atoms with E-state index in [0.717, 1.165) is 82.3 Å². The average molecular weight is 487 g/mol. The van der Waals surface area contributed by atoms with E-state index in [4.69, 9.17) is 5.73 Å². The minimum atomic E-state index is 0.154. The Balaban J connectivity index is 1.29. The molecule has 4 aliphatic rings. The first-order valence-electron chi connectivity index (χ1n) is 13.1. The number of allylic oxidation sites excluding steroid dienone is 1. The Labute approximate surface area is 209 Å². The van der Waals surface area contributed by atoms with Crippen LogP contribution >= 0.6 is 11.3 Å². The zero-order valence-corrected chi connectivity index (χ0v) is 21.8. The normalized spacial score (nSPS) is 23.9. The van der Waals surface area contributed by atoms with E-state index in [9.17, 15) is 9.59 Å². The van der Waals surface area contributed by atoms with Gasteiger partial charge in [-0.25, -0.2) is 0 Å². The summed E-state index contributed by atoms with van der Waals surface area (Å²) in [5, 5.41) is 1.98. The lowest BCUT2D eigenvalue weighted by Gasteiger charge is -2.57. The Kier molecular flexibility index (Phi) is 8.48. The van der Waals surface area contributed by atoms with Crippen molar-refractivity contribution in [2.24, 2.45) is 23.0 Å².